The van der Waals surface area contributed by atoms with Crippen LogP contribution in [0, 0.1) is 0 Å². The standard InChI is InChI=1S/C40H38N6O6/c41-33-13-9-27-5-1-3-7-31(27)39(33)45-43-29-11-15-35-37(25-29)51-23-19-48-20-24-52-38-26-30(12-16-36(38)50-22-18-47-17-21-49-35)44-46-40-32-8-4-2-6-28(32)10-14-34(40)42/h1-16,25-26H,17-24,41-42H2. The lowest BCUT2D eigenvalue weighted by molar-refractivity contribution is 0.0640. The maximum absolute atomic E-state index is 6.25. The number of ether oxygens (including phenoxy) is 6. The van der Waals surface area contributed by atoms with Crippen molar-refractivity contribution in [3.63, 3.8) is 0 Å². The third kappa shape index (κ3) is 8.37. The fraction of sp³-hybridized carbons (Fsp3) is 0.200. The van der Waals surface area contributed by atoms with Crippen molar-refractivity contribution < 1.29 is 28.4 Å². The highest BCUT2D eigenvalue weighted by atomic mass is 16.6. The molecule has 264 valence electrons. The van der Waals surface area contributed by atoms with E-state index in [0.717, 1.165) is 21.5 Å². The molecule has 0 aromatic heterocycles. The van der Waals surface area contributed by atoms with Gasteiger partial charge in [0.2, 0.25) is 0 Å². The van der Waals surface area contributed by atoms with Crippen LogP contribution in [-0.4, -0.2) is 52.9 Å². The van der Waals surface area contributed by atoms with Crippen LogP contribution >= 0.6 is 0 Å². The highest BCUT2D eigenvalue weighted by Gasteiger charge is 2.12. The third-order valence-corrected chi connectivity index (χ3v) is 8.19. The van der Waals surface area contributed by atoms with E-state index in [1.807, 2.05) is 84.9 Å². The Hall–Kier alpha value is -6.24. The van der Waals surface area contributed by atoms with Crippen LogP contribution in [0.1, 0.15) is 0 Å². The molecule has 1 aliphatic heterocycles. The molecule has 0 atom stereocenters. The molecule has 0 spiro atoms. The summed E-state index contributed by atoms with van der Waals surface area (Å²) < 4.78 is 35.8. The molecular weight excluding hydrogens is 660 g/mol. The summed E-state index contributed by atoms with van der Waals surface area (Å²) in [6.45, 7) is 2.45. The molecule has 1 aliphatic rings. The summed E-state index contributed by atoms with van der Waals surface area (Å²) in [5.74, 6) is 2.12. The van der Waals surface area contributed by atoms with E-state index < -0.39 is 0 Å². The van der Waals surface area contributed by atoms with Crippen molar-refractivity contribution in [2.45, 2.75) is 0 Å². The van der Waals surface area contributed by atoms with Crippen molar-refractivity contribution in [3.8, 4) is 23.0 Å². The lowest BCUT2D eigenvalue weighted by Crippen LogP contribution is -2.15. The van der Waals surface area contributed by atoms with Crippen LogP contribution in [0.2, 0.25) is 0 Å². The Kier molecular flexibility index (Phi) is 11.0. The minimum Gasteiger partial charge on any atom is -0.487 e. The normalized spacial score (nSPS) is 14.8. The van der Waals surface area contributed by atoms with Gasteiger partial charge in [-0.25, -0.2) is 0 Å². The summed E-state index contributed by atoms with van der Waals surface area (Å²) in [6.07, 6.45) is 0. The molecule has 1 heterocycles. The van der Waals surface area contributed by atoms with Crippen molar-refractivity contribution in [1.82, 2.24) is 0 Å². The number of benzene rings is 6. The summed E-state index contributed by atoms with van der Waals surface area (Å²) in [5.41, 5.74) is 16.0. The van der Waals surface area contributed by atoms with Crippen LogP contribution in [0.25, 0.3) is 21.5 Å². The number of azo groups is 2. The monoisotopic (exact) mass is 698 g/mol. The van der Waals surface area contributed by atoms with Crippen LogP contribution in [-0.2, 0) is 9.47 Å². The molecule has 0 aliphatic carbocycles. The molecule has 52 heavy (non-hydrogen) atoms. The van der Waals surface area contributed by atoms with Gasteiger partial charge in [-0.1, -0.05) is 60.7 Å². The number of nitrogens with two attached hydrogens (primary N) is 2. The molecule has 6 aromatic rings. The number of nitrogen functional groups attached to an aromatic ring is 2. The second-order valence-corrected chi connectivity index (χ2v) is 11.7. The van der Waals surface area contributed by atoms with Gasteiger partial charge in [-0.3, -0.25) is 0 Å². The fourth-order valence-corrected chi connectivity index (χ4v) is 5.61. The van der Waals surface area contributed by atoms with E-state index in [1.165, 1.54) is 0 Å². The molecule has 6 aromatic carbocycles. The fourth-order valence-electron chi connectivity index (χ4n) is 5.61. The molecule has 12 nitrogen and oxygen atoms in total. The van der Waals surface area contributed by atoms with Gasteiger partial charge in [0, 0.05) is 22.9 Å². The summed E-state index contributed by atoms with van der Waals surface area (Å²) in [7, 11) is 0. The van der Waals surface area contributed by atoms with Gasteiger partial charge < -0.3 is 39.9 Å². The topological polar surface area (TPSA) is 157 Å². The Balaban J connectivity index is 1.01. The smallest absolute Gasteiger partial charge is 0.163 e. The van der Waals surface area contributed by atoms with Gasteiger partial charge in [0.25, 0.3) is 0 Å². The molecule has 12 heteroatoms. The predicted octanol–water partition coefficient (Wildman–Crippen LogP) is 9.25. The van der Waals surface area contributed by atoms with E-state index in [2.05, 4.69) is 20.5 Å². The van der Waals surface area contributed by atoms with Crippen LogP contribution < -0.4 is 30.4 Å². The van der Waals surface area contributed by atoms with Gasteiger partial charge in [0.05, 0.1) is 49.2 Å². The molecule has 0 radical (unpaired) electrons. The molecule has 0 amide bonds. The van der Waals surface area contributed by atoms with E-state index in [9.17, 15) is 0 Å². The van der Waals surface area contributed by atoms with E-state index in [-0.39, 0.29) is 13.2 Å². The summed E-state index contributed by atoms with van der Waals surface area (Å²) in [6, 6.07) is 34.2. The maximum atomic E-state index is 6.25. The number of anilines is 2. The molecular formula is C40H38N6O6. The molecule has 0 unspecified atom stereocenters. The van der Waals surface area contributed by atoms with Crippen LogP contribution in [0.4, 0.5) is 34.1 Å². The van der Waals surface area contributed by atoms with E-state index in [1.54, 1.807) is 24.3 Å². The summed E-state index contributed by atoms with van der Waals surface area (Å²) in [4.78, 5) is 0. The average Bonchev–Trinajstić information content (AvgIpc) is 3.17. The Morgan fingerprint density at radius 1 is 0.385 bits per heavy atom. The molecule has 0 saturated heterocycles. The van der Waals surface area contributed by atoms with Crippen LogP contribution in [0.5, 0.6) is 23.0 Å². The number of fused-ring (bicyclic) bond motifs is 4. The molecule has 0 saturated carbocycles. The molecule has 7 rings (SSSR count). The number of nitrogens with zero attached hydrogens (tertiary/aromatic N) is 4. The molecule has 4 N–H and O–H groups in total. The Labute approximate surface area is 300 Å². The lowest BCUT2D eigenvalue weighted by Gasteiger charge is -2.16. The van der Waals surface area contributed by atoms with E-state index in [0.29, 0.717) is 96.8 Å². The van der Waals surface area contributed by atoms with E-state index in [4.69, 9.17) is 39.9 Å². The Morgan fingerprint density at radius 2 is 0.788 bits per heavy atom. The van der Waals surface area contributed by atoms with Gasteiger partial charge in [0.15, 0.2) is 23.0 Å². The van der Waals surface area contributed by atoms with Crippen LogP contribution in [0.3, 0.4) is 0 Å². The zero-order valence-corrected chi connectivity index (χ0v) is 28.4. The first kappa shape index (κ1) is 34.2. The first-order valence-electron chi connectivity index (χ1n) is 16.9. The van der Waals surface area contributed by atoms with Crippen LogP contribution in [0.15, 0.2) is 130 Å². The summed E-state index contributed by atoms with van der Waals surface area (Å²) >= 11 is 0. The lowest BCUT2D eigenvalue weighted by atomic mass is 10.1. The number of hydrogen-bond donors (Lipinski definition) is 2. The average molecular weight is 699 g/mol. The second-order valence-electron chi connectivity index (χ2n) is 11.7. The molecule has 0 fully saturated rings. The van der Waals surface area contributed by atoms with Gasteiger partial charge in [-0.05, 0) is 47.2 Å². The van der Waals surface area contributed by atoms with Gasteiger partial charge in [-0.2, -0.15) is 10.2 Å². The van der Waals surface area contributed by atoms with Gasteiger partial charge in [0.1, 0.15) is 37.8 Å². The third-order valence-electron chi connectivity index (χ3n) is 8.19. The maximum Gasteiger partial charge on any atom is 0.163 e. The molecule has 0 bridgehead atoms. The minimum absolute atomic E-state index is 0.269. The van der Waals surface area contributed by atoms with Gasteiger partial charge in [-0.15, -0.1) is 10.2 Å². The Bertz CT molecular complexity index is 2070. The SMILES string of the molecule is Nc1ccc2ccccc2c1N=Nc1ccc2c(c1)OCCOCCOc1cc(N=Nc3c(N)ccc4ccccc34)ccc1OCCOCCO2. The quantitative estimate of drug-likeness (QED) is 0.136. The van der Waals surface area contributed by atoms with Crippen molar-refractivity contribution >= 4 is 55.7 Å². The van der Waals surface area contributed by atoms with Crippen molar-refractivity contribution in [2.75, 3.05) is 64.3 Å². The van der Waals surface area contributed by atoms with Crippen molar-refractivity contribution in [1.29, 1.82) is 0 Å². The summed E-state index contributed by atoms with van der Waals surface area (Å²) in [5, 5.41) is 21.8. The predicted molar refractivity (Wildman–Crippen MR) is 202 cm³/mol. The first-order valence-corrected chi connectivity index (χ1v) is 16.9. The zero-order valence-electron chi connectivity index (χ0n) is 28.4. The number of rotatable bonds is 4. The minimum atomic E-state index is 0.269. The first-order chi connectivity index (χ1) is 25.6. The largest absolute Gasteiger partial charge is 0.487 e. The van der Waals surface area contributed by atoms with E-state index >= 15 is 0 Å². The van der Waals surface area contributed by atoms with Gasteiger partial charge >= 0.3 is 0 Å². The second kappa shape index (κ2) is 16.6. The Morgan fingerprint density at radius 3 is 1.23 bits per heavy atom. The zero-order chi connectivity index (χ0) is 35.5. The van der Waals surface area contributed by atoms with Crippen molar-refractivity contribution in [3.05, 3.63) is 109 Å². The van der Waals surface area contributed by atoms with Crippen molar-refractivity contribution in [2.24, 2.45) is 20.5 Å². The highest BCUT2D eigenvalue weighted by Crippen LogP contribution is 2.38. The number of hydrogen-bond acceptors (Lipinski definition) is 12. The highest BCUT2D eigenvalue weighted by molar-refractivity contribution is 5.98.